The van der Waals surface area contributed by atoms with E-state index >= 15 is 0 Å². The molecule has 0 spiro atoms. The molecule has 0 aliphatic rings. The number of hydrogen-bond acceptors (Lipinski definition) is 3. The molecule has 0 unspecified atom stereocenters. The molecule has 0 saturated heterocycles. The molecule has 2 aromatic rings. The van der Waals surface area contributed by atoms with Crippen molar-refractivity contribution in [3.8, 4) is 11.8 Å². The summed E-state index contributed by atoms with van der Waals surface area (Å²) in [6.07, 6.45) is 0. The van der Waals surface area contributed by atoms with Gasteiger partial charge >= 0.3 is 5.97 Å². The lowest BCUT2D eigenvalue weighted by Crippen LogP contribution is -2.00. The maximum Gasteiger partial charge on any atom is 0.335 e. The highest BCUT2D eigenvalue weighted by molar-refractivity contribution is 5.88. The SMILES string of the molecule is Cc1cc(C(=O)O)ccc1OCc1cccc(C#N)c1. The maximum atomic E-state index is 10.8. The van der Waals surface area contributed by atoms with Crippen molar-refractivity contribution in [3.63, 3.8) is 0 Å². The minimum Gasteiger partial charge on any atom is -0.489 e. The number of aromatic carboxylic acids is 1. The Bertz CT molecular complexity index is 686. The minimum absolute atomic E-state index is 0.237. The van der Waals surface area contributed by atoms with Gasteiger partial charge < -0.3 is 9.84 Å². The summed E-state index contributed by atoms with van der Waals surface area (Å²) in [7, 11) is 0. The van der Waals surface area contributed by atoms with Gasteiger partial charge in [-0.25, -0.2) is 4.79 Å². The number of benzene rings is 2. The quantitative estimate of drug-likeness (QED) is 0.923. The molecule has 0 aromatic heterocycles. The van der Waals surface area contributed by atoms with Crippen molar-refractivity contribution in [3.05, 3.63) is 64.7 Å². The molecule has 4 heteroatoms. The van der Waals surface area contributed by atoms with Crippen molar-refractivity contribution in [2.24, 2.45) is 0 Å². The van der Waals surface area contributed by atoms with Crippen molar-refractivity contribution in [2.45, 2.75) is 13.5 Å². The molecule has 4 nitrogen and oxygen atoms in total. The first-order valence-corrected chi connectivity index (χ1v) is 6.06. The zero-order valence-corrected chi connectivity index (χ0v) is 11.0. The van der Waals surface area contributed by atoms with Crippen LogP contribution in [0.1, 0.15) is 27.0 Å². The monoisotopic (exact) mass is 267 g/mol. The van der Waals surface area contributed by atoms with E-state index in [1.165, 1.54) is 6.07 Å². The maximum absolute atomic E-state index is 10.8. The number of ether oxygens (including phenoxy) is 1. The van der Waals surface area contributed by atoms with Crippen LogP contribution in [-0.2, 0) is 6.61 Å². The molecule has 0 radical (unpaired) electrons. The van der Waals surface area contributed by atoms with Gasteiger partial charge in [0.2, 0.25) is 0 Å². The van der Waals surface area contributed by atoms with Gasteiger partial charge in [-0.15, -0.1) is 0 Å². The van der Waals surface area contributed by atoms with Gasteiger partial charge in [-0.2, -0.15) is 5.26 Å². The van der Waals surface area contributed by atoms with Crippen LogP contribution in [0.2, 0.25) is 0 Å². The van der Waals surface area contributed by atoms with Gasteiger partial charge in [0, 0.05) is 0 Å². The second kappa shape index (κ2) is 5.89. The van der Waals surface area contributed by atoms with E-state index in [1.807, 2.05) is 6.07 Å². The lowest BCUT2D eigenvalue weighted by Gasteiger charge is -2.10. The van der Waals surface area contributed by atoms with Gasteiger partial charge in [0.25, 0.3) is 0 Å². The average Bonchev–Trinajstić information content (AvgIpc) is 2.46. The fourth-order valence-corrected chi connectivity index (χ4v) is 1.84. The van der Waals surface area contributed by atoms with Crippen molar-refractivity contribution < 1.29 is 14.6 Å². The molecule has 0 aliphatic heterocycles. The van der Waals surface area contributed by atoms with Crippen LogP contribution in [0, 0.1) is 18.3 Å². The number of nitriles is 1. The van der Waals surface area contributed by atoms with Crippen LogP contribution >= 0.6 is 0 Å². The molecule has 0 bridgehead atoms. The molecule has 1 N–H and O–H groups in total. The van der Waals surface area contributed by atoms with Gasteiger partial charge in [-0.3, -0.25) is 0 Å². The van der Waals surface area contributed by atoms with Gasteiger partial charge in [0.05, 0.1) is 17.2 Å². The van der Waals surface area contributed by atoms with Crippen LogP contribution in [0.25, 0.3) is 0 Å². The topological polar surface area (TPSA) is 70.3 Å². The van der Waals surface area contributed by atoms with Gasteiger partial charge in [-0.05, 0) is 48.4 Å². The summed E-state index contributed by atoms with van der Waals surface area (Å²) in [5.74, 6) is -0.321. The summed E-state index contributed by atoms with van der Waals surface area (Å²) in [4.78, 5) is 10.8. The van der Waals surface area contributed by atoms with E-state index in [9.17, 15) is 4.79 Å². The van der Waals surface area contributed by atoms with Crippen LogP contribution in [0.4, 0.5) is 0 Å². The smallest absolute Gasteiger partial charge is 0.335 e. The first-order chi connectivity index (χ1) is 9.60. The standard InChI is InChI=1S/C16H13NO3/c1-11-7-14(16(18)19)5-6-15(11)20-10-13-4-2-3-12(8-13)9-17/h2-8H,10H2,1H3,(H,18,19). The van der Waals surface area contributed by atoms with E-state index < -0.39 is 5.97 Å². The highest BCUT2D eigenvalue weighted by Crippen LogP contribution is 2.20. The molecule has 0 amide bonds. The number of carbonyl (C=O) groups is 1. The van der Waals surface area contributed by atoms with Crippen LogP contribution < -0.4 is 4.74 Å². The Kier molecular flexibility index (Phi) is 4.02. The molecule has 0 saturated carbocycles. The molecule has 0 atom stereocenters. The van der Waals surface area contributed by atoms with Crippen LogP contribution in [0.3, 0.4) is 0 Å². The molecular weight excluding hydrogens is 254 g/mol. The predicted octanol–water partition coefficient (Wildman–Crippen LogP) is 3.14. The van der Waals surface area contributed by atoms with E-state index in [0.29, 0.717) is 17.9 Å². The van der Waals surface area contributed by atoms with Crippen molar-refractivity contribution in [1.82, 2.24) is 0 Å². The molecule has 20 heavy (non-hydrogen) atoms. The van der Waals surface area contributed by atoms with E-state index in [1.54, 1.807) is 37.3 Å². The molecule has 2 rings (SSSR count). The summed E-state index contributed by atoms with van der Waals surface area (Å²) in [5.41, 5.74) is 2.48. The lowest BCUT2D eigenvalue weighted by molar-refractivity contribution is 0.0696. The second-order valence-corrected chi connectivity index (χ2v) is 4.39. The molecule has 0 fully saturated rings. The number of carboxylic acid groups (broad SMARTS) is 1. The predicted molar refractivity (Wildman–Crippen MR) is 73.6 cm³/mol. The fourth-order valence-electron chi connectivity index (χ4n) is 1.84. The van der Waals surface area contributed by atoms with E-state index in [0.717, 1.165) is 11.1 Å². The molecule has 100 valence electrons. The Balaban J connectivity index is 2.11. The minimum atomic E-state index is -0.957. The van der Waals surface area contributed by atoms with Crippen LogP contribution in [-0.4, -0.2) is 11.1 Å². The van der Waals surface area contributed by atoms with E-state index in [4.69, 9.17) is 15.1 Å². The molecule has 0 aliphatic carbocycles. The van der Waals surface area contributed by atoms with E-state index in [-0.39, 0.29) is 5.56 Å². The highest BCUT2D eigenvalue weighted by Gasteiger charge is 2.06. The first kappa shape index (κ1) is 13.6. The zero-order chi connectivity index (χ0) is 14.5. The largest absolute Gasteiger partial charge is 0.489 e. The normalized spacial score (nSPS) is 9.80. The van der Waals surface area contributed by atoms with Crippen molar-refractivity contribution in [1.29, 1.82) is 5.26 Å². The summed E-state index contributed by atoms with van der Waals surface area (Å²) in [5, 5.41) is 17.7. The summed E-state index contributed by atoms with van der Waals surface area (Å²) in [6, 6.07) is 14.0. The van der Waals surface area contributed by atoms with Crippen LogP contribution in [0.15, 0.2) is 42.5 Å². The Labute approximate surface area is 116 Å². The van der Waals surface area contributed by atoms with E-state index in [2.05, 4.69) is 6.07 Å². The van der Waals surface area contributed by atoms with Gasteiger partial charge in [0.1, 0.15) is 12.4 Å². The average molecular weight is 267 g/mol. The first-order valence-electron chi connectivity index (χ1n) is 6.06. The zero-order valence-electron chi connectivity index (χ0n) is 11.0. The number of carboxylic acids is 1. The Morgan fingerprint density at radius 2 is 2.10 bits per heavy atom. The Hall–Kier alpha value is -2.80. The Morgan fingerprint density at radius 1 is 1.30 bits per heavy atom. The summed E-state index contributed by atoms with van der Waals surface area (Å²) < 4.78 is 5.65. The number of nitrogens with zero attached hydrogens (tertiary/aromatic N) is 1. The molecular formula is C16H13NO3. The number of aryl methyl sites for hydroxylation is 1. The molecule has 2 aromatic carbocycles. The lowest BCUT2D eigenvalue weighted by atomic mass is 10.1. The summed E-state index contributed by atoms with van der Waals surface area (Å²) >= 11 is 0. The van der Waals surface area contributed by atoms with Crippen LogP contribution in [0.5, 0.6) is 5.75 Å². The Morgan fingerprint density at radius 3 is 2.75 bits per heavy atom. The van der Waals surface area contributed by atoms with Crippen molar-refractivity contribution in [2.75, 3.05) is 0 Å². The van der Waals surface area contributed by atoms with Crippen molar-refractivity contribution >= 4 is 5.97 Å². The fraction of sp³-hybridized carbons (Fsp3) is 0.125. The number of rotatable bonds is 4. The third kappa shape index (κ3) is 3.15. The van der Waals surface area contributed by atoms with Gasteiger partial charge in [0.15, 0.2) is 0 Å². The second-order valence-electron chi connectivity index (χ2n) is 4.39. The number of hydrogen-bond donors (Lipinski definition) is 1. The third-order valence-corrected chi connectivity index (χ3v) is 2.87. The highest BCUT2D eigenvalue weighted by atomic mass is 16.5. The third-order valence-electron chi connectivity index (χ3n) is 2.87. The van der Waals surface area contributed by atoms with Gasteiger partial charge in [-0.1, -0.05) is 12.1 Å². The molecule has 0 heterocycles. The summed E-state index contributed by atoms with van der Waals surface area (Å²) in [6.45, 7) is 2.14.